The molecule has 0 radical (unpaired) electrons. The van der Waals surface area contributed by atoms with Crippen LogP contribution in [-0.2, 0) is 0 Å². The number of hydrogen-bond acceptors (Lipinski definition) is 3. The third kappa shape index (κ3) is 2.18. The van der Waals surface area contributed by atoms with E-state index in [9.17, 15) is 4.79 Å². The van der Waals surface area contributed by atoms with Crippen molar-refractivity contribution in [3.05, 3.63) is 40.2 Å². The molecule has 3 heteroatoms. The van der Waals surface area contributed by atoms with Crippen molar-refractivity contribution in [1.29, 1.82) is 0 Å². The van der Waals surface area contributed by atoms with E-state index < -0.39 is 0 Å². The second kappa shape index (κ2) is 4.62. The first-order chi connectivity index (χ1) is 8.15. The molecule has 0 saturated carbocycles. The van der Waals surface area contributed by atoms with Crippen LogP contribution < -0.4 is 10.2 Å². The Bertz CT molecular complexity index is 584. The monoisotopic (exact) mass is 232 g/mol. The van der Waals surface area contributed by atoms with Gasteiger partial charge in [0.05, 0.1) is 12.5 Å². The van der Waals surface area contributed by atoms with Gasteiger partial charge in [0.15, 0.2) is 5.43 Å². The first kappa shape index (κ1) is 11.7. The quantitative estimate of drug-likeness (QED) is 0.815. The minimum atomic E-state index is 0.00389. The van der Waals surface area contributed by atoms with Crippen molar-refractivity contribution in [2.45, 2.75) is 26.2 Å². The molecule has 0 saturated heterocycles. The van der Waals surface area contributed by atoms with Crippen molar-refractivity contribution in [2.24, 2.45) is 0 Å². The first-order valence-electron chi connectivity index (χ1n) is 5.77. The smallest absolute Gasteiger partial charge is 0.192 e. The van der Waals surface area contributed by atoms with E-state index in [4.69, 9.17) is 9.15 Å². The third-order valence-electron chi connectivity index (χ3n) is 3.05. The van der Waals surface area contributed by atoms with Gasteiger partial charge in [0, 0.05) is 18.1 Å². The Morgan fingerprint density at radius 2 is 2.12 bits per heavy atom. The summed E-state index contributed by atoms with van der Waals surface area (Å²) in [6, 6.07) is 6.84. The highest BCUT2D eigenvalue weighted by Crippen LogP contribution is 2.23. The SMILES string of the molecule is CCC(C)c1cc(=O)c2ccc(OC)cc2o1. The van der Waals surface area contributed by atoms with Gasteiger partial charge in [0.2, 0.25) is 0 Å². The fraction of sp³-hybridized carbons (Fsp3) is 0.357. The molecular formula is C14H16O3. The van der Waals surface area contributed by atoms with Gasteiger partial charge in [-0.15, -0.1) is 0 Å². The van der Waals surface area contributed by atoms with E-state index in [-0.39, 0.29) is 11.3 Å². The Kier molecular flexibility index (Phi) is 3.18. The van der Waals surface area contributed by atoms with Gasteiger partial charge in [-0.1, -0.05) is 13.8 Å². The van der Waals surface area contributed by atoms with Gasteiger partial charge in [0.1, 0.15) is 17.1 Å². The van der Waals surface area contributed by atoms with Crippen LogP contribution in [0.1, 0.15) is 31.9 Å². The summed E-state index contributed by atoms with van der Waals surface area (Å²) in [5.41, 5.74) is 0.594. The van der Waals surface area contributed by atoms with Gasteiger partial charge in [-0.05, 0) is 18.6 Å². The molecule has 0 N–H and O–H groups in total. The van der Waals surface area contributed by atoms with Gasteiger partial charge in [-0.3, -0.25) is 4.79 Å². The summed E-state index contributed by atoms with van der Waals surface area (Å²) in [5.74, 6) is 1.68. The third-order valence-corrected chi connectivity index (χ3v) is 3.05. The number of hydrogen-bond donors (Lipinski definition) is 0. The van der Waals surface area contributed by atoms with Crippen LogP contribution in [0.5, 0.6) is 5.75 Å². The molecule has 1 heterocycles. The molecule has 90 valence electrons. The molecule has 0 bridgehead atoms. The molecule has 1 aromatic heterocycles. The second-order valence-electron chi connectivity index (χ2n) is 4.18. The van der Waals surface area contributed by atoms with Crippen molar-refractivity contribution in [1.82, 2.24) is 0 Å². The van der Waals surface area contributed by atoms with Gasteiger partial charge in [-0.25, -0.2) is 0 Å². The summed E-state index contributed by atoms with van der Waals surface area (Å²) in [5, 5.41) is 0.595. The summed E-state index contributed by atoms with van der Waals surface area (Å²) in [4.78, 5) is 11.9. The van der Waals surface area contributed by atoms with E-state index in [0.29, 0.717) is 16.7 Å². The fourth-order valence-corrected chi connectivity index (χ4v) is 1.73. The summed E-state index contributed by atoms with van der Waals surface area (Å²) in [7, 11) is 1.60. The highest BCUT2D eigenvalue weighted by molar-refractivity contribution is 5.78. The van der Waals surface area contributed by atoms with Crippen LogP contribution in [0.2, 0.25) is 0 Å². The topological polar surface area (TPSA) is 39.4 Å². The van der Waals surface area contributed by atoms with Crippen molar-refractivity contribution in [2.75, 3.05) is 7.11 Å². The van der Waals surface area contributed by atoms with Gasteiger partial charge < -0.3 is 9.15 Å². The van der Waals surface area contributed by atoms with Crippen LogP contribution >= 0.6 is 0 Å². The number of fused-ring (bicyclic) bond motifs is 1. The van der Waals surface area contributed by atoms with Crippen molar-refractivity contribution < 1.29 is 9.15 Å². The van der Waals surface area contributed by atoms with Crippen LogP contribution in [0.25, 0.3) is 11.0 Å². The van der Waals surface area contributed by atoms with Gasteiger partial charge >= 0.3 is 0 Å². The molecule has 1 aromatic carbocycles. The molecule has 0 amide bonds. The molecule has 0 fully saturated rings. The largest absolute Gasteiger partial charge is 0.497 e. The molecule has 0 aliphatic carbocycles. The van der Waals surface area contributed by atoms with Crippen molar-refractivity contribution >= 4 is 11.0 Å². The number of methoxy groups -OCH3 is 1. The second-order valence-corrected chi connectivity index (χ2v) is 4.18. The average molecular weight is 232 g/mol. The highest BCUT2D eigenvalue weighted by Gasteiger charge is 2.10. The number of benzene rings is 1. The minimum absolute atomic E-state index is 0.00389. The van der Waals surface area contributed by atoms with Crippen LogP contribution in [-0.4, -0.2) is 7.11 Å². The molecule has 17 heavy (non-hydrogen) atoms. The van der Waals surface area contributed by atoms with Crippen LogP contribution in [0.4, 0.5) is 0 Å². The Morgan fingerprint density at radius 3 is 2.76 bits per heavy atom. The molecule has 1 unspecified atom stereocenters. The maximum Gasteiger partial charge on any atom is 0.192 e. The molecule has 3 nitrogen and oxygen atoms in total. The van der Waals surface area contributed by atoms with E-state index in [1.165, 1.54) is 0 Å². The first-order valence-corrected chi connectivity index (χ1v) is 5.77. The standard InChI is InChI=1S/C14H16O3/c1-4-9(2)13-8-12(15)11-6-5-10(16-3)7-14(11)17-13/h5-9H,4H2,1-3H3. The number of ether oxygens (including phenoxy) is 1. The van der Waals surface area contributed by atoms with Gasteiger partial charge in [0.25, 0.3) is 0 Å². The zero-order valence-electron chi connectivity index (χ0n) is 10.3. The van der Waals surface area contributed by atoms with Crippen molar-refractivity contribution in [3.8, 4) is 5.75 Å². The van der Waals surface area contributed by atoms with E-state index >= 15 is 0 Å². The maximum absolute atomic E-state index is 11.9. The van der Waals surface area contributed by atoms with Crippen LogP contribution in [0, 0.1) is 0 Å². The lowest BCUT2D eigenvalue weighted by atomic mass is 10.1. The van der Waals surface area contributed by atoms with E-state index in [1.807, 2.05) is 6.92 Å². The lowest BCUT2D eigenvalue weighted by Gasteiger charge is -2.09. The van der Waals surface area contributed by atoms with Gasteiger partial charge in [-0.2, -0.15) is 0 Å². The average Bonchev–Trinajstić information content (AvgIpc) is 2.36. The molecule has 2 aromatic rings. The minimum Gasteiger partial charge on any atom is -0.497 e. The predicted molar refractivity (Wildman–Crippen MR) is 67.7 cm³/mol. The lowest BCUT2D eigenvalue weighted by Crippen LogP contribution is -2.04. The molecule has 1 atom stereocenters. The summed E-state index contributed by atoms with van der Waals surface area (Å²) in [6.45, 7) is 4.12. The van der Waals surface area contributed by atoms with E-state index in [2.05, 4.69) is 6.92 Å². The van der Waals surface area contributed by atoms with Crippen LogP contribution in [0.15, 0.2) is 33.5 Å². The normalized spacial score (nSPS) is 12.6. The summed E-state index contributed by atoms with van der Waals surface area (Å²) >= 11 is 0. The fourth-order valence-electron chi connectivity index (χ4n) is 1.73. The zero-order chi connectivity index (χ0) is 12.4. The molecular weight excluding hydrogens is 216 g/mol. The van der Waals surface area contributed by atoms with Crippen molar-refractivity contribution in [3.63, 3.8) is 0 Å². The van der Waals surface area contributed by atoms with Crippen LogP contribution in [0.3, 0.4) is 0 Å². The van der Waals surface area contributed by atoms with E-state index in [1.54, 1.807) is 31.4 Å². The lowest BCUT2D eigenvalue weighted by molar-refractivity contribution is 0.413. The molecule has 0 aliphatic heterocycles. The molecule has 0 aliphatic rings. The maximum atomic E-state index is 11.9. The summed E-state index contributed by atoms with van der Waals surface area (Å²) in [6.07, 6.45) is 0.943. The molecule has 2 rings (SSSR count). The zero-order valence-corrected chi connectivity index (χ0v) is 10.3. The van der Waals surface area contributed by atoms with E-state index in [0.717, 1.165) is 12.2 Å². The molecule has 0 spiro atoms. The Labute approximate surface area is 100 Å². The highest BCUT2D eigenvalue weighted by atomic mass is 16.5. The predicted octanol–water partition coefficient (Wildman–Crippen LogP) is 3.32. The Hall–Kier alpha value is -1.77. The summed E-state index contributed by atoms with van der Waals surface area (Å²) < 4.78 is 10.9. The number of rotatable bonds is 3. The Morgan fingerprint density at radius 1 is 1.35 bits per heavy atom. The Balaban J connectivity index is 2.65.